The number of hydrogen-bond acceptors (Lipinski definition) is 3. The van der Waals surface area contributed by atoms with Crippen LogP contribution in [0.4, 0.5) is 0 Å². The summed E-state index contributed by atoms with van der Waals surface area (Å²) in [7, 11) is 0. The maximum Gasteiger partial charge on any atom is 0.308 e. The zero-order valence-corrected chi connectivity index (χ0v) is 8.17. The van der Waals surface area contributed by atoms with Crippen molar-refractivity contribution in [3.8, 4) is 0 Å². The maximum absolute atomic E-state index is 11.2. The Morgan fingerprint density at radius 3 is 2.42 bits per heavy atom. The average molecular weight is 173 g/mol. The number of carbonyl (C=O) groups is 1. The lowest BCUT2D eigenvalue weighted by Crippen LogP contribution is -2.20. The Morgan fingerprint density at radius 2 is 2.00 bits per heavy atom. The second kappa shape index (κ2) is 6.00. The summed E-state index contributed by atoms with van der Waals surface area (Å²) in [6.07, 6.45) is 0.747. The van der Waals surface area contributed by atoms with Crippen LogP contribution in [0.3, 0.4) is 0 Å². The van der Waals surface area contributed by atoms with Gasteiger partial charge in [-0.25, -0.2) is 0 Å². The Labute approximate surface area is 74.3 Å². The smallest absolute Gasteiger partial charge is 0.308 e. The molecule has 0 spiro atoms. The molecule has 2 N–H and O–H groups in total. The SMILES string of the molecule is CC(C)C(C)C(=O)OCCCN. The van der Waals surface area contributed by atoms with Gasteiger partial charge in [-0.05, 0) is 18.9 Å². The van der Waals surface area contributed by atoms with Crippen LogP contribution in [-0.4, -0.2) is 19.1 Å². The van der Waals surface area contributed by atoms with Crippen LogP contribution in [0.2, 0.25) is 0 Å². The highest BCUT2D eigenvalue weighted by atomic mass is 16.5. The molecular formula is C9H19NO2. The van der Waals surface area contributed by atoms with Crippen LogP contribution in [0.5, 0.6) is 0 Å². The fourth-order valence-corrected chi connectivity index (χ4v) is 0.660. The molecule has 0 saturated heterocycles. The Hall–Kier alpha value is -0.570. The van der Waals surface area contributed by atoms with Gasteiger partial charge in [-0.2, -0.15) is 0 Å². The van der Waals surface area contributed by atoms with E-state index < -0.39 is 0 Å². The lowest BCUT2D eigenvalue weighted by Gasteiger charge is -2.13. The highest BCUT2D eigenvalue weighted by Gasteiger charge is 2.17. The van der Waals surface area contributed by atoms with Gasteiger partial charge in [-0.3, -0.25) is 4.79 Å². The van der Waals surface area contributed by atoms with Crippen LogP contribution in [0, 0.1) is 11.8 Å². The van der Waals surface area contributed by atoms with E-state index in [1.54, 1.807) is 0 Å². The Bertz CT molecular complexity index is 134. The maximum atomic E-state index is 11.2. The van der Waals surface area contributed by atoms with Gasteiger partial charge in [-0.15, -0.1) is 0 Å². The number of ether oxygens (including phenoxy) is 1. The van der Waals surface area contributed by atoms with Crippen LogP contribution in [0.1, 0.15) is 27.2 Å². The number of nitrogens with two attached hydrogens (primary N) is 1. The van der Waals surface area contributed by atoms with E-state index in [4.69, 9.17) is 10.5 Å². The van der Waals surface area contributed by atoms with Crippen molar-refractivity contribution in [2.45, 2.75) is 27.2 Å². The molecule has 1 unspecified atom stereocenters. The van der Waals surface area contributed by atoms with Crippen LogP contribution in [0.15, 0.2) is 0 Å². The monoisotopic (exact) mass is 173 g/mol. The van der Waals surface area contributed by atoms with Gasteiger partial charge in [0.2, 0.25) is 0 Å². The summed E-state index contributed by atoms with van der Waals surface area (Å²) in [6.45, 7) is 6.93. The second-order valence-corrected chi connectivity index (χ2v) is 3.34. The molecule has 0 aliphatic heterocycles. The summed E-state index contributed by atoms with van der Waals surface area (Å²) >= 11 is 0. The fraction of sp³-hybridized carbons (Fsp3) is 0.889. The number of carbonyl (C=O) groups excluding carboxylic acids is 1. The van der Waals surface area contributed by atoms with Gasteiger partial charge >= 0.3 is 5.97 Å². The zero-order valence-electron chi connectivity index (χ0n) is 8.17. The molecule has 0 amide bonds. The van der Waals surface area contributed by atoms with Crippen molar-refractivity contribution in [2.75, 3.05) is 13.2 Å². The van der Waals surface area contributed by atoms with Gasteiger partial charge in [0.05, 0.1) is 12.5 Å². The summed E-state index contributed by atoms with van der Waals surface area (Å²) < 4.78 is 4.99. The molecule has 72 valence electrons. The molecular weight excluding hydrogens is 154 g/mol. The minimum Gasteiger partial charge on any atom is -0.465 e. The van der Waals surface area contributed by atoms with Crippen LogP contribution in [0.25, 0.3) is 0 Å². The molecule has 0 aliphatic carbocycles. The van der Waals surface area contributed by atoms with Gasteiger partial charge < -0.3 is 10.5 Å². The van der Waals surface area contributed by atoms with Gasteiger partial charge in [0.25, 0.3) is 0 Å². The molecule has 0 rings (SSSR count). The van der Waals surface area contributed by atoms with Crippen molar-refractivity contribution in [3.63, 3.8) is 0 Å². The molecule has 3 nitrogen and oxygen atoms in total. The highest BCUT2D eigenvalue weighted by molar-refractivity contribution is 5.72. The Balaban J connectivity index is 3.57. The van der Waals surface area contributed by atoms with E-state index >= 15 is 0 Å². The minimum atomic E-state index is -0.113. The van der Waals surface area contributed by atoms with Crippen molar-refractivity contribution in [1.29, 1.82) is 0 Å². The lowest BCUT2D eigenvalue weighted by atomic mass is 9.99. The third-order valence-electron chi connectivity index (χ3n) is 1.96. The number of esters is 1. The van der Waals surface area contributed by atoms with E-state index in [0.29, 0.717) is 19.1 Å². The molecule has 0 aromatic carbocycles. The summed E-state index contributed by atoms with van der Waals surface area (Å²) in [4.78, 5) is 11.2. The van der Waals surface area contributed by atoms with Crippen LogP contribution >= 0.6 is 0 Å². The summed E-state index contributed by atoms with van der Waals surface area (Å²) in [6, 6.07) is 0. The molecule has 0 saturated carbocycles. The summed E-state index contributed by atoms with van der Waals surface area (Å²) in [5, 5.41) is 0. The van der Waals surface area contributed by atoms with Crippen LogP contribution < -0.4 is 5.73 Å². The first-order valence-corrected chi connectivity index (χ1v) is 4.46. The van der Waals surface area contributed by atoms with E-state index in [1.165, 1.54) is 0 Å². The number of hydrogen-bond donors (Lipinski definition) is 1. The third-order valence-corrected chi connectivity index (χ3v) is 1.96. The van der Waals surface area contributed by atoms with E-state index in [1.807, 2.05) is 20.8 Å². The zero-order chi connectivity index (χ0) is 9.56. The lowest BCUT2D eigenvalue weighted by molar-refractivity contribution is -0.149. The molecule has 1 atom stereocenters. The average Bonchev–Trinajstić information content (AvgIpc) is 2.03. The molecule has 0 bridgehead atoms. The third kappa shape index (κ3) is 4.34. The van der Waals surface area contributed by atoms with Crippen molar-refractivity contribution in [3.05, 3.63) is 0 Å². The first-order valence-electron chi connectivity index (χ1n) is 4.46. The summed E-state index contributed by atoms with van der Waals surface area (Å²) in [5.41, 5.74) is 5.26. The van der Waals surface area contributed by atoms with Gasteiger partial charge in [0.15, 0.2) is 0 Å². The molecule has 3 heteroatoms. The molecule has 12 heavy (non-hydrogen) atoms. The standard InChI is InChI=1S/C9H19NO2/c1-7(2)8(3)9(11)12-6-4-5-10/h7-8H,4-6,10H2,1-3H3. The topological polar surface area (TPSA) is 52.3 Å². The Kier molecular flexibility index (Phi) is 5.72. The summed E-state index contributed by atoms with van der Waals surface area (Å²) in [5.74, 6) is 0.219. The van der Waals surface area contributed by atoms with E-state index in [0.717, 1.165) is 6.42 Å². The van der Waals surface area contributed by atoms with Crippen LogP contribution in [-0.2, 0) is 9.53 Å². The fourth-order valence-electron chi connectivity index (χ4n) is 0.660. The molecule has 0 radical (unpaired) electrons. The highest BCUT2D eigenvalue weighted by Crippen LogP contribution is 2.11. The van der Waals surface area contributed by atoms with E-state index in [-0.39, 0.29) is 11.9 Å². The van der Waals surface area contributed by atoms with E-state index in [9.17, 15) is 4.79 Å². The second-order valence-electron chi connectivity index (χ2n) is 3.34. The van der Waals surface area contributed by atoms with Crippen molar-refractivity contribution in [1.82, 2.24) is 0 Å². The largest absolute Gasteiger partial charge is 0.465 e. The Morgan fingerprint density at radius 1 is 1.42 bits per heavy atom. The quantitative estimate of drug-likeness (QED) is 0.501. The molecule has 0 aromatic heterocycles. The molecule has 0 aromatic rings. The van der Waals surface area contributed by atoms with E-state index in [2.05, 4.69) is 0 Å². The van der Waals surface area contributed by atoms with Gasteiger partial charge in [-0.1, -0.05) is 20.8 Å². The molecule has 0 aliphatic rings. The van der Waals surface area contributed by atoms with Crippen molar-refractivity contribution < 1.29 is 9.53 Å². The predicted molar refractivity (Wildman–Crippen MR) is 48.6 cm³/mol. The van der Waals surface area contributed by atoms with Crippen molar-refractivity contribution >= 4 is 5.97 Å². The first kappa shape index (κ1) is 11.4. The van der Waals surface area contributed by atoms with Gasteiger partial charge in [0, 0.05) is 0 Å². The normalized spacial score (nSPS) is 13.1. The van der Waals surface area contributed by atoms with Gasteiger partial charge in [0.1, 0.15) is 0 Å². The number of rotatable bonds is 5. The molecule has 0 fully saturated rings. The molecule has 0 heterocycles. The predicted octanol–water partition coefficient (Wildman–Crippen LogP) is 1.17. The van der Waals surface area contributed by atoms with Crippen molar-refractivity contribution in [2.24, 2.45) is 17.6 Å². The minimum absolute atomic E-state index is 0.0113. The first-order chi connectivity index (χ1) is 5.59.